The van der Waals surface area contributed by atoms with E-state index in [1.54, 1.807) is 6.08 Å². The lowest BCUT2D eigenvalue weighted by molar-refractivity contribution is -0.143. The molecule has 0 aliphatic carbocycles. The van der Waals surface area contributed by atoms with Crippen LogP contribution < -0.4 is 5.32 Å². The van der Waals surface area contributed by atoms with Crippen molar-refractivity contribution < 1.29 is 24.5 Å². The van der Waals surface area contributed by atoms with E-state index in [1.165, 1.54) is 218 Å². The highest BCUT2D eigenvalue weighted by molar-refractivity contribution is 5.76. The second-order valence-electron chi connectivity index (χ2n) is 19.3. The second kappa shape index (κ2) is 53.0. The lowest BCUT2D eigenvalue weighted by Gasteiger charge is -2.20. The summed E-state index contributed by atoms with van der Waals surface area (Å²) in [6.45, 7) is 4.89. The maximum atomic E-state index is 12.4. The molecule has 0 heterocycles. The number of ether oxygens (including phenoxy) is 1. The van der Waals surface area contributed by atoms with E-state index in [4.69, 9.17) is 4.74 Å². The fourth-order valence-electron chi connectivity index (χ4n) is 8.63. The molecule has 1 amide bonds. The molecule has 63 heavy (non-hydrogen) atoms. The van der Waals surface area contributed by atoms with Crippen LogP contribution in [0.4, 0.5) is 0 Å². The number of amides is 1. The fraction of sp³-hybridized carbons (Fsp3) is 0.895. The summed E-state index contributed by atoms with van der Waals surface area (Å²) in [6.07, 6.45) is 63.3. The number of rotatable bonds is 52. The number of hydrogen-bond donors (Lipinski definition) is 3. The zero-order valence-electron chi connectivity index (χ0n) is 42.3. The molecular formula is C57H109NO5. The highest BCUT2D eigenvalue weighted by Crippen LogP contribution is 2.16. The van der Waals surface area contributed by atoms with Crippen LogP contribution in [-0.2, 0) is 14.3 Å². The van der Waals surface area contributed by atoms with Crippen molar-refractivity contribution >= 4 is 11.9 Å². The number of esters is 1. The minimum absolute atomic E-state index is 0.00182. The first kappa shape index (κ1) is 61.3. The average molecular weight is 889 g/mol. The Labute approximate surface area is 392 Å². The van der Waals surface area contributed by atoms with Gasteiger partial charge in [-0.2, -0.15) is 0 Å². The first-order valence-corrected chi connectivity index (χ1v) is 28.1. The van der Waals surface area contributed by atoms with Gasteiger partial charge in [0.25, 0.3) is 0 Å². The Bertz CT molecular complexity index is 982. The molecule has 0 aromatic rings. The number of unbranched alkanes of at least 4 members (excludes halogenated alkanes) is 39. The quantitative estimate of drug-likeness (QED) is 0.0321. The summed E-state index contributed by atoms with van der Waals surface area (Å²) in [5.41, 5.74) is 0. The highest BCUT2D eigenvalue weighted by atomic mass is 16.5. The van der Waals surface area contributed by atoms with Gasteiger partial charge in [-0.3, -0.25) is 9.59 Å². The van der Waals surface area contributed by atoms with Gasteiger partial charge in [0.15, 0.2) is 0 Å². The van der Waals surface area contributed by atoms with Crippen LogP contribution in [0.15, 0.2) is 24.3 Å². The summed E-state index contributed by atoms with van der Waals surface area (Å²) in [6, 6.07) is -0.637. The largest absolute Gasteiger partial charge is 0.466 e. The molecule has 0 bridgehead atoms. The molecule has 6 heteroatoms. The fourth-order valence-corrected chi connectivity index (χ4v) is 8.63. The van der Waals surface area contributed by atoms with E-state index in [1.807, 2.05) is 6.08 Å². The Morgan fingerprint density at radius 1 is 0.429 bits per heavy atom. The molecule has 0 aliphatic heterocycles. The minimum atomic E-state index is -0.852. The van der Waals surface area contributed by atoms with E-state index in [0.717, 1.165) is 57.8 Å². The summed E-state index contributed by atoms with van der Waals surface area (Å²) in [4.78, 5) is 24.4. The lowest BCUT2D eigenvalue weighted by Crippen LogP contribution is -2.45. The van der Waals surface area contributed by atoms with E-state index >= 15 is 0 Å². The van der Waals surface area contributed by atoms with E-state index in [2.05, 4.69) is 31.3 Å². The number of carbonyl (C=O) groups excluding carboxylic acids is 2. The third-order valence-electron chi connectivity index (χ3n) is 13.0. The van der Waals surface area contributed by atoms with Crippen molar-refractivity contribution in [2.24, 2.45) is 0 Å². The van der Waals surface area contributed by atoms with Crippen molar-refractivity contribution in [3.63, 3.8) is 0 Å². The SMILES string of the molecule is CCCCCCCCCCCCCCCCC/C=C/C(O)C(CO)NC(=O)CCCCCCC/C=C\CCCCCCCCCCCOC(=O)CCCCCCCCCCCCC. The van der Waals surface area contributed by atoms with Crippen LogP contribution in [0.2, 0.25) is 0 Å². The standard InChI is InChI=1S/C57H109NO5/c1-3-5-7-9-11-13-15-16-17-20-23-26-30-33-37-41-45-49-55(60)54(53-59)58-56(61)50-46-42-38-34-31-27-24-21-18-19-22-25-28-32-36-40-44-48-52-63-57(62)51-47-43-39-35-29-14-12-10-8-6-4-2/h21,24,45,49,54-55,59-60H,3-20,22-23,25-44,46-48,50-53H2,1-2H3,(H,58,61)/b24-21-,49-45+. The monoisotopic (exact) mass is 888 g/mol. The van der Waals surface area contributed by atoms with Crippen LogP contribution >= 0.6 is 0 Å². The molecule has 0 fully saturated rings. The van der Waals surface area contributed by atoms with E-state index in [0.29, 0.717) is 19.4 Å². The summed E-state index contributed by atoms with van der Waals surface area (Å²) in [5, 5.41) is 23.1. The van der Waals surface area contributed by atoms with Gasteiger partial charge < -0.3 is 20.3 Å². The molecule has 0 spiro atoms. The smallest absolute Gasteiger partial charge is 0.305 e. The summed E-state index contributed by atoms with van der Waals surface area (Å²) in [7, 11) is 0. The Morgan fingerprint density at radius 2 is 0.746 bits per heavy atom. The van der Waals surface area contributed by atoms with Gasteiger partial charge in [-0.1, -0.05) is 256 Å². The van der Waals surface area contributed by atoms with Gasteiger partial charge in [0, 0.05) is 12.8 Å². The summed E-state index contributed by atoms with van der Waals surface area (Å²) >= 11 is 0. The molecule has 0 rings (SSSR count). The molecule has 0 aromatic carbocycles. The van der Waals surface area contributed by atoms with Gasteiger partial charge in [0.1, 0.15) is 0 Å². The van der Waals surface area contributed by atoms with Crippen molar-refractivity contribution in [2.75, 3.05) is 13.2 Å². The van der Waals surface area contributed by atoms with E-state index in [9.17, 15) is 19.8 Å². The number of aliphatic hydroxyl groups excluding tert-OH is 2. The summed E-state index contributed by atoms with van der Waals surface area (Å²) < 4.78 is 5.45. The van der Waals surface area contributed by atoms with E-state index in [-0.39, 0.29) is 18.5 Å². The summed E-state index contributed by atoms with van der Waals surface area (Å²) in [5.74, 6) is -0.0789. The molecule has 0 saturated carbocycles. The second-order valence-corrected chi connectivity index (χ2v) is 19.3. The Morgan fingerprint density at radius 3 is 1.13 bits per heavy atom. The van der Waals surface area contributed by atoms with Crippen LogP contribution in [0.3, 0.4) is 0 Å². The van der Waals surface area contributed by atoms with Crippen molar-refractivity contribution in [2.45, 2.75) is 315 Å². The predicted octanol–water partition coefficient (Wildman–Crippen LogP) is 17.1. The zero-order chi connectivity index (χ0) is 45.8. The molecule has 2 atom stereocenters. The Balaban J connectivity index is 3.49. The van der Waals surface area contributed by atoms with Gasteiger partial charge >= 0.3 is 5.97 Å². The number of hydrogen-bond acceptors (Lipinski definition) is 5. The van der Waals surface area contributed by atoms with Crippen LogP contribution in [0, 0.1) is 0 Å². The third kappa shape index (κ3) is 49.6. The maximum Gasteiger partial charge on any atom is 0.305 e. The molecule has 6 nitrogen and oxygen atoms in total. The first-order chi connectivity index (χ1) is 31.0. The molecular weight excluding hydrogens is 779 g/mol. The normalized spacial score (nSPS) is 12.8. The molecule has 0 saturated heterocycles. The number of allylic oxidation sites excluding steroid dienone is 3. The van der Waals surface area contributed by atoms with Crippen molar-refractivity contribution in [1.29, 1.82) is 0 Å². The van der Waals surface area contributed by atoms with Crippen LogP contribution in [0.25, 0.3) is 0 Å². The molecule has 0 radical (unpaired) electrons. The van der Waals surface area contributed by atoms with Crippen LogP contribution in [0.5, 0.6) is 0 Å². The first-order valence-electron chi connectivity index (χ1n) is 28.1. The van der Waals surface area contributed by atoms with Gasteiger partial charge in [0.05, 0.1) is 25.4 Å². The van der Waals surface area contributed by atoms with Crippen molar-refractivity contribution in [3.05, 3.63) is 24.3 Å². The molecule has 0 aliphatic rings. The highest BCUT2D eigenvalue weighted by Gasteiger charge is 2.18. The lowest BCUT2D eigenvalue weighted by atomic mass is 10.0. The topological polar surface area (TPSA) is 95.9 Å². The Hall–Kier alpha value is -1.66. The molecule has 3 N–H and O–H groups in total. The molecule has 372 valence electrons. The van der Waals surface area contributed by atoms with Gasteiger partial charge in [-0.15, -0.1) is 0 Å². The third-order valence-corrected chi connectivity index (χ3v) is 13.0. The van der Waals surface area contributed by atoms with Gasteiger partial charge in [-0.05, 0) is 57.8 Å². The van der Waals surface area contributed by atoms with Gasteiger partial charge in [0.2, 0.25) is 5.91 Å². The number of aliphatic hydroxyl groups is 2. The Kier molecular flexibility index (Phi) is 51.6. The molecule has 0 aromatic heterocycles. The average Bonchev–Trinajstić information content (AvgIpc) is 3.28. The minimum Gasteiger partial charge on any atom is -0.466 e. The van der Waals surface area contributed by atoms with E-state index < -0.39 is 12.1 Å². The maximum absolute atomic E-state index is 12.4. The number of carbonyl (C=O) groups is 2. The number of nitrogens with one attached hydrogen (secondary N) is 1. The van der Waals surface area contributed by atoms with Crippen molar-refractivity contribution in [3.8, 4) is 0 Å². The van der Waals surface area contributed by atoms with Gasteiger partial charge in [-0.25, -0.2) is 0 Å². The van der Waals surface area contributed by atoms with Crippen LogP contribution in [-0.4, -0.2) is 47.4 Å². The molecule has 2 unspecified atom stereocenters. The predicted molar refractivity (Wildman–Crippen MR) is 273 cm³/mol. The van der Waals surface area contributed by atoms with Crippen molar-refractivity contribution in [1.82, 2.24) is 5.32 Å². The zero-order valence-corrected chi connectivity index (χ0v) is 42.3. The van der Waals surface area contributed by atoms with Crippen LogP contribution in [0.1, 0.15) is 303 Å².